The zero-order chi connectivity index (χ0) is 24.4. The molecule has 1 aliphatic heterocycles. The second-order valence-corrected chi connectivity index (χ2v) is 9.56. The molecule has 1 fully saturated rings. The summed E-state index contributed by atoms with van der Waals surface area (Å²) in [4.78, 5) is 35.3. The number of hydrogen-bond donors (Lipinski definition) is 4. The monoisotopic (exact) mass is 474 g/mol. The first kappa shape index (κ1) is 22.7. The Hall–Kier alpha value is -3.11. The number of benzene rings is 1. The van der Waals surface area contributed by atoms with E-state index < -0.39 is 53.7 Å². The Morgan fingerprint density at radius 2 is 2.06 bits per heavy atom. The van der Waals surface area contributed by atoms with Gasteiger partial charge in [0, 0.05) is 5.56 Å². The molecule has 0 unspecified atom stereocenters. The van der Waals surface area contributed by atoms with Crippen LogP contribution >= 0.6 is 0 Å². The molecular weight excluding hydrogens is 448 g/mol. The van der Waals surface area contributed by atoms with E-state index in [0.717, 1.165) is 30.9 Å². The van der Waals surface area contributed by atoms with Gasteiger partial charge in [0.25, 0.3) is 0 Å². The number of phenols is 1. The maximum Gasteiger partial charge on any atom is 0.344 e. The highest BCUT2D eigenvalue weighted by Crippen LogP contribution is 2.67. The highest BCUT2D eigenvalue weighted by molar-refractivity contribution is 5.84. The first-order valence-corrected chi connectivity index (χ1v) is 11.3. The lowest BCUT2D eigenvalue weighted by atomic mass is 9.47. The molecule has 0 radical (unpaired) electrons. The molecule has 2 bridgehead atoms. The molecule has 10 nitrogen and oxygen atoms in total. The summed E-state index contributed by atoms with van der Waals surface area (Å²) >= 11 is 0. The first-order valence-electron chi connectivity index (χ1n) is 11.3. The molecule has 34 heavy (non-hydrogen) atoms. The van der Waals surface area contributed by atoms with Gasteiger partial charge in [-0.2, -0.15) is 0 Å². The maximum atomic E-state index is 12.6. The molecule has 0 aromatic heterocycles. The van der Waals surface area contributed by atoms with Crippen molar-refractivity contribution >= 4 is 17.9 Å². The van der Waals surface area contributed by atoms with E-state index in [-0.39, 0.29) is 29.6 Å². The molecule has 1 spiro atoms. The molecule has 6 atom stereocenters. The standard InChI is InChI=1S/C24H26O10/c1-11(21(28)29)32-22(30)15(26)10-17(27)33-16-6-8-24(31)13-3-2-7-23(24)18-12(9-13)4-5-14(25)19(18)34-20(16)23/h4-6,11,13,15,20,25-26,31H,2-3,7-10H2,1H3,(H,28,29)/t11-,13+,15-,20-,23-,24+/m0/s1. The number of carboxylic acid groups (broad SMARTS) is 1. The molecule has 1 aromatic carbocycles. The van der Waals surface area contributed by atoms with Gasteiger partial charge in [-0.3, -0.25) is 4.79 Å². The average Bonchev–Trinajstić information content (AvgIpc) is 3.12. The van der Waals surface area contributed by atoms with Crippen molar-refractivity contribution in [3.05, 3.63) is 35.1 Å². The van der Waals surface area contributed by atoms with E-state index in [9.17, 15) is 29.7 Å². The van der Waals surface area contributed by atoms with Crippen molar-refractivity contribution < 1.29 is 49.0 Å². The summed E-state index contributed by atoms with van der Waals surface area (Å²) < 4.78 is 16.3. The number of phenolic OH excluding ortho intramolecular Hbond substituents is 1. The maximum absolute atomic E-state index is 12.6. The normalized spacial score (nSPS) is 31.9. The van der Waals surface area contributed by atoms with E-state index in [1.165, 1.54) is 0 Å². The molecule has 0 amide bonds. The molecule has 1 aromatic rings. The molecule has 1 heterocycles. The van der Waals surface area contributed by atoms with Crippen LogP contribution in [0.25, 0.3) is 0 Å². The van der Waals surface area contributed by atoms with Gasteiger partial charge >= 0.3 is 17.9 Å². The Morgan fingerprint density at radius 3 is 2.79 bits per heavy atom. The van der Waals surface area contributed by atoms with E-state index in [4.69, 9.17) is 14.6 Å². The van der Waals surface area contributed by atoms with Crippen LogP contribution in [0.5, 0.6) is 11.5 Å². The number of ether oxygens (including phenoxy) is 3. The zero-order valence-electron chi connectivity index (χ0n) is 18.5. The second kappa shape index (κ2) is 7.71. The van der Waals surface area contributed by atoms with Crippen molar-refractivity contribution in [3.8, 4) is 11.5 Å². The summed E-state index contributed by atoms with van der Waals surface area (Å²) in [6.45, 7) is 1.12. The van der Waals surface area contributed by atoms with Crippen LogP contribution in [0.4, 0.5) is 0 Å². The third kappa shape index (κ3) is 3.05. The quantitative estimate of drug-likeness (QED) is 0.439. The Kier molecular flexibility index (Phi) is 5.14. The zero-order valence-corrected chi connectivity index (χ0v) is 18.5. The number of carbonyl (C=O) groups excluding carboxylic acids is 2. The number of carboxylic acids is 1. The summed E-state index contributed by atoms with van der Waals surface area (Å²) in [5.74, 6) is -3.19. The molecule has 5 rings (SSSR count). The Morgan fingerprint density at radius 1 is 1.29 bits per heavy atom. The molecule has 4 N–H and O–H groups in total. The van der Waals surface area contributed by atoms with Crippen LogP contribution in [-0.2, 0) is 35.7 Å². The Balaban J connectivity index is 1.40. The average molecular weight is 474 g/mol. The van der Waals surface area contributed by atoms with Crippen molar-refractivity contribution in [2.45, 2.75) is 74.8 Å². The van der Waals surface area contributed by atoms with Crippen molar-refractivity contribution in [2.75, 3.05) is 0 Å². The first-order chi connectivity index (χ1) is 16.1. The minimum Gasteiger partial charge on any atom is -0.504 e. The fourth-order valence-corrected chi connectivity index (χ4v) is 6.25. The van der Waals surface area contributed by atoms with Gasteiger partial charge in [0.15, 0.2) is 29.8 Å². The van der Waals surface area contributed by atoms with Gasteiger partial charge < -0.3 is 34.6 Å². The Labute approximate surface area is 194 Å². The lowest BCUT2D eigenvalue weighted by Crippen LogP contribution is -2.67. The van der Waals surface area contributed by atoms with Gasteiger partial charge in [0.2, 0.25) is 0 Å². The number of esters is 2. The number of aliphatic hydroxyl groups is 2. The lowest BCUT2D eigenvalue weighted by Gasteiger charge is -2.59. The summed E-state index contributed by atoms with van der Waals surface area (Å²) in [7, 11) is 0. The van der Waals surface area contributed by atoms with Crippen LogP contribution in [-0.4, -0.2) is 62.2 Å². The topological polar surface area (TPSA) is 160 Å². The summed E-state index contributed by atoms with van der Waals surface area (Å²) in [5, 5.41) is 41.2. The van der Waals surface area contributed by atoms with Crippen LogP contribution in [0.2, 0.25) is 0 Å². The summed E-state index contributed by atoms with van der Waals surface area (Å²) in [6.07, 6.45) is -0.196. The van der Waals surface area contributed by atoms with Crippen LogP contribution in [0.3, 0.4) is 0 Å². The van der Waals surface area contributed by atoms with Gasteiger partial charge in [-0.25, -0.2) is 9.59 Å². The van der Waals surface area contributed by atoms with Gasteiger partial charge in [0.05, 0.1) is 17.4 Å². The minimum absolute atomic E-state index is 0.00309. The molecule has 10 heteroatoms. The van der Waals surface area contributed by atoms with Crippen molar-refractivity contribution in [1.29, 1.82) is 0 Å². The van der Waals surface area contributed by atoms with E-state index in [0.29, 0.717) is 12.8 Å². The van der Waals surface area contributed by atoms with E-state index in [1.807, 2.05) is 6.07 Å². The third-order valence-corrected chi connectivity index (χ3v) is 7.77. The minimum atomic E-state index is -1.90. The second-order valence-electron chi connectivity index (χ2n) is 9.56. The van der Waals surface area contributed by atoms with Gasteiger partial charge in [-0.1, -0.05) is 12.5 Å². The summed E-state index contributed by atoms with van der Waals surface area (Å²) in [6, 6.07) is 3.42. The van der Waals surface area contributed by atoms with E-state index in [2.05, 4.69) is 4.74 Å². The fraction of sp³-hybridized carbons (Fsp3) is 0.542. The van der Waals surface area contributed by atoms with Gasteiger partial charge in [0.1, 0.15) is 5.76 Å². The number of aromatic hydroxyl groups is 1. The van der Waals surface area contributed by atoms with Crippen molar-refractivity contribution in [1.82, 2.24) is 0 Å². The van der Waals surface area contributed by atoms with Crippen LogP contribution in [0.1, 0.15) is 50.2 Å². The number of aliphatic hydroxyl groups excluding tert-OH is 1. The molecular formula is C24H26O10. The number of rotatable bonds is 6. The molecule has 182 valence electrons. The van der Waals surface area contributed by atoms with Gasteiger partial charge in [-0.05, 0) is 56.2 Å². The predicted octanol–water partition coefficient (Wildman–Crippen LogP) is 1.08. The number of carbonyl (C=O) groups is 3. The van der Waals surface area contributed by atoms with Gasteiger partial charge in [-0.15, -0.1) is 0 Å². The Bertz CT molecular complexity index is 1110. The molecule has 1 saturated carbocycles. The molecule has 4 aliphatic rings. The number of hydrogen-bond acceptors (Lipinski definition) is 9. The van der Waals surface area contributed by atoms with E-state index in [1.54, 1.807) is 12.1 Å². The smallest absolute Gasteiger partial charge is 0.344 e. The van der Waals surface area contributed by atoms with Crippen molar-refractivity contribution in [2.24, 2.45) is 5.92 Å². The summed E-state index contributed by atoms with van der Waals surface area (Å²) in [5.41, 5.74) is -0.225. The third-order valence-electron chi connectivity index (χ3n) is 7.77. The number of aliphatic carboxylic acids is 1. The van der Waals surface area contributed by atoms with Crippen LogP contribution in [0, 0.1) is 5.92 Å². The lowest BCUT2D eigenvalue weighted by molar-refractivity contribution is -0.172. The fourth-order valence-electron chi connectivity index (χ4n) is 6.25. The molecule has 3 aliphatic carbocycles. The predicted molar refractivity (Wildman–Crippen MR) is 113 cm³/mol. The van der Waals surface area contributed by atoms with Crippen molar-refractivity contribution in [3.63, 3.8) is 0 Å². The molecule has 0 saturated heterocycles. The SMILES string of the molecule is C[C@H](OC(=O)[C@@H](O)CC(=O)OC1=CC[C@@]2(O)[C@@H]3CCC[C@@]24c2c(ccc(O)c2O[C@@H]14)C3)C(=O)O. The highest BCUT2D eigenvalue weighted by atomic mass is 16.6. The van der Waals surface area contributed by atoms with Crippen LogP contribution < -0.4 is 4.74 Å². The van der Waals surface area contributed by atoms with E-state index >= 15 is 0 Å². The largest absolute Gasteiger partial charge is 0.504 e. The van der Waals surface area contributed by atoms with Crippen LogP contribution in [0.15, 0.2) is 24.0 Å². The highest BCUT2D eigenvalue weighted by Gasteiger charge is 2.70.